The van der Waals surface area contributed by atoms with Crippen molar-refractivity contribution < 1.29 is 9.63 Å². The molecule has 3 aliphatic rings. The molecule has 1 saturated heterocycles. The fraction of sp³-hybridized carbons (Fsp3) is 0.478. The van der Waals surface area contributed by atoms with Gasteiger partial charge in [-0.2, -0.15) is 0 Å². The number of aromatic nitrogens is 1. The predicted octanol–water partition coefficient (Wildman–Crippen LogP) is 4.64. The largest absolute Gasteiger partial charge is 0.406 e. The molecule has 0 radical (unpaired) electrons. The van der Waals surface area contributed by atoms with E-state index in [0.717, 1.165) is 67.3 Å². The number of carbonyl (C=O) groups excluding carboxylic acids is 1. The summed E-state index contributed by atoms with van der Waals surface area (Å²) in [5.74, 6) is 1.94. The number of benzene rings is 1. The maximum atomic E-state index is 13.6. The van der Waals surface area contributed by atoms with Gasteiger partial charge in [-0.25, -0.2) is 4.98 Å². The van der Waals surface area contributed by atoms with Gasteiger partial charge in [-0.3, -0.25) is 4.79 Å². The van der Waals surface area contributed by atoms with Crippen LogP contribution in [0.15, 0.2) is 36.5 Å². The lowest BCUT2D eigenvalue weighted by Crippen LogP contribution is -2.36. The summed E-state index contributed by atoms with van der Waals surface area (Å²) in [4.78, 5) is 26.1. The van der Waals surface area contributed by atoms with E-state index in [0.29, 0.717) is 6.54 Å². The van der Waals surface area contributed by atoms with Crippen LogP contribution < -0.4 is 15.1 Å². The second kappa shape index (κ2) is 8.03. The highest BCUT2D eigenvalue weighted by Crippen LogP contribution is 2.39. The van der Waals surface area contributed by atoms with Crippen LogP contribution in [0.4, 0.5) is 17.2 Å². The lowest BCUT2D eigenvalue weighted by molar-refractivity contribution is -0.123. The van der Waals surface area contributed by atoms with Crippen LogP contribution in [0.2, 0.25) is 0 Å². The van der Waals surface area contributed by atoms with E-state index in [-0.39, 0.29) is 11.8 Å². The monoisotopic (exact) mass is 392 g/mol. The van der Waals surface area contributed by atoms with Crippen LogP contribution in [0.1, 0.15) is 50.5 Å². The van der Waals surface area contributed by atoms with E-state index in [1.807, 2.05) is 40.3 Å². The first-order chi connectivity index (χ1) is 14.3. The normalized spacial score (nSPS) is 19.8. The molecule has 5 rings (SSSR count). The molecule has 29 heavy (non-hydrogen) atoms. The quantitative estimate of drug-likeness (QED) is 0.824. The SMILES string of the molecule is O=C(C1CCCCC1)N1Cc2cccnc2Nc2ccc(ON3CCCC3)cc21. The first-order valence-corrected chi connectivity index (χ1v) is 10.9. The summed E-state index contributed by atoms with van der Waals surface area (Å²) < 4.78 is 0. The van der Waals surface area contributed by atoms with E-state index in [4.69, 9.17) is 4.84 Å². The van der Waals surface area contributed by atoms with E-state index < -0.39 is 0 Å². The highest BCUT2D eigenvalue weighted by molar-refractivity contribution is 5.99. The fourth-order valence-corrected chi connectivity index (χ4v) is 4.65. The predicted molar refractivity (Wildman–Crippen MR) is 113 cm³/mol. The Morgan fingerprint density at radius 3 is 2.72 bits per heavy atom. The third-order valence-electron chi connectivity index (χ3n) is 6.25. The van der Waals surface area contributed by atoms with Crippen LogP contribution in [-0.4, -0.2) is 29.0 Å². The number of anilines is 3. The molecule has 1 aromatic carbocycles. The molecule has 3 heterocycles. The Morgan fingerprint density at radius 2 is 1.90 bits per heavy atom. The van der Waals surface area contributed by atoms with Gasteiger partial charge in [0.15, 0.2) is 0 Å². The van der Waals surface area contributed by atoms with E-state index in [2.05, 4.69) is 10.3 Å². The molecule has 1 saturated carbocycles. The van der Waals surface area contributed by atoms with E-state index in [1.165, 1.54) is 19.3 Å². The molecule has 6 heteroatoms. The molecule has 1 amide bonds. The number of rotatable bonds is 3. The Bertz CT molecular complexity index is 888. The van der Waals surface area contributed by atoms with Crippen LogP contribution in [0.5, 0.6) is 5.75 Å². The summed E-state index contributed by atoms with van der Waals surface area (Å²) in [6.07, 6.45) is 9.62. The highest BCUT2D eigenvalue weighted by atomic mass is 16.7. The van der Waals surface area contributed by atoms with Crippen molar-refractivity contribution in [2.75, 3.05) is 23.3 Å². The van der Waals surface area contributed by atoms with Crippen LogP contribution in [-0.2, 0) is 11.3 Å². The first kappa shape index (κ1) is 18.4. The number of hydroxylamine groups is 2. The second-order valence-electron chi connectivity index (χ2n) is 8.30. The van der Waals surface area contributed by atoms with Gasteiger partial charge in [-0.05, 0) is 43.9 Å². The third kappa shape index (κ3) is 3.81. The van der Waals surface area contributed by atoms with Crippen molar-refractivity contribution >= 4 is 23.1 Å². The Kier molecular flexibility index (Phi) is 5.10. The molecule has 0 spiro atoms. The van der Waals surface area contributed by atoms with Gasteiger partial charge in [-0.1, -0.05) is 25.3 Å². The molecular formula is C23H28N4O2. The smallest absolute Gasteiger partial charge is 0.230 e. The maximum absolute atomic E-state index is 13.6. The van der Waals surface area contributed by atoms with Crippen molar-refractivity contribution in [2.45, 2.75) is 51.5 Å². The number of amides is 1. The number of nitrogens with one attached hydrogen (secondary N) is 1. The lowest BCUT2D eigenvalue weighted by atomic mass is 9.88. The number of pyridine rings is 1. The number of fused-ring (bicyclic) bond motifs is 2. The standard InChI is InChI=1S/C23H28N4O2/c28-23(17-7-2-1-3-8-17)27-16-18-9-6-12-24-22(18)25-20-11-10-19(15-21(20)27)29-26-13-4-5-14-26/h6,9-12,15,17H,1-5,7-8,13-14,16H2,(H,24,25). The van der Waals surface area contributed by atoms with Gasteiger partial charge in [0.05, 0.1) is 17.9 Å². The van der Waals surface area contributed by atoms with Crippen molar-refractivity contribution in [3.8, 4) is 5.75 Å². The van der Waals surface area contributed by atoms with Gasteiger partial charge >= 0.3 is 0 Å². The Morgan fingerprint density at radius 1 is 1.07 bits per heavy atom. The zero-order valence-electron chi connectivity index (χ0n) is 16.8. The van der Waals surface area contributed by atoms with E-state index in [9.17, 15) is 4.79 Å². The van der Waals surface area contributed by atoms with Gasteiger partial charge in [-0.15, -0.1) is 5.06 Å². The minimum Gasteiger partial charge on any atom is -0.406 e. The van der Waals surface area contributed by atoms with E-state index in [1.54, 1.807) is 6.20 Å². The molecule has 2 aromatic rings. The molecule has 0 bridgehead atoms. The molecule has 2 aliphatic heterocycles. The molecule has 1 aromatic heterocycles. The van der Waals surface area contributed by atoms with Gasteiger partial charge in [0.1, 0.15) is 11.6 Å². The van der Waals surface area contributed by atoms with Gasteiger partial charge in [0.25, 0.3) is 0 Å². The molecular weight excluding hydrogens is 364 g/mol. The van der Waals surface area contributed by atoms with E-state index >= 15 is 0 Å². The van der Waals surface area contributed by atoms with Gasteiger partial charge in [0, 0.05) is 36.8 Å². The zero-order chi connectivity index (χ0) is 19.6. The Hall–Kier alpha value is -2.60. The average Bonchev–Trinajstić information content (AvgIpc) is 3.21. The summed E-state index contributed by atoms with van der Waals surface area (Å²) in [5, 5.41) is 5.45. The zero-order valence-corrected chi connectivity index (χ0v) is 16.8. The van der Waals surface area contributed by atoms with Crippen molar-refractivity contribution in [3.05, 3.63) is 42.1 Å². The topological polar surface area (TPSA) is 57.7 Å². The van der Waals surface area contributed by atoms with Crippen molar-refractivity contribution in [2.24, 2.45) is 5.92 Å². The van der Waals surface area contributed by atoms with Crippen LogP contribution in [0.25, 0.3) is 0 Å². The summed E-state index contributed by atoms with van der Waals surface area (Å²) in [5.41, 5.74) is 2.82. The minimum absolute atomic E-state index is 0.109. The van der Waals surface area contributed by atoms with Crippen LogP contribution in [0, 0.1) is 5.92 Å². The summed E-state index contributed by atoms with van der Waals surface area (Å²) in [6.45, 7) is 2.44. The molecule has 0 atom stereocenters. The average molecular weight is 393 g/mol. The molecule has 2 fully saturated rings. The van der Waals surface area contributed by atoms with Crippen LogP contribution >= 0.6 is 0 Å². The van der Waals surface area contributed by atoms with Crippen molar-refractivity contribution in [1.29, 1.82) is 0 Å². The minimum atomic E-state index is 0.109. The van der Waals surface area contributed by atoms with Gasteiger partial charge in [0.2, 0.25) is 5.91 Å². The number of nitrogens with zero attached hydrogens (tertiary/aromatic N) is 3. The van der Waals surface area contributed by atoms with Gasteiger partial charge < -0.3 is 15.1 Å². The highest BCUT2D eigenvalue weighted by Gasteiger charge is 2.31. The molecule has 6 nitrogen and oxygen atoms in total. The third-order valence-corrected chi connectivity index (χ3v) is 6.25. The Balaban J connectivity index is 1.50. The molecule has 152 valence electrons. The molecule has 1 aliphatic carbocycles. The number of hydrogen-bond acceptors (Lipinski definition) is 5. The van der Waals surface area contributed by atoms with Crippen molar-refractivity contribution in [3.63, 3.8) is 0 Å². The summed E-state index contributed by atoms with van der Waals surface area (Å²) >= 11 is 0. The maximum Gasteiger partial charge on any atom is 0.230 e. The molecule has 0 unspecified atom stereocenters. The fourth-order valence-electron chi connectivity index (χ4n) is 4.65. The number of carbonyl (C=O) groups is 1. The number of hydrogen-bond donors (Lipinski definition) is 1. The lowest BCUT2D eigenvalue weighted by Gasteiger charge is -2.29. The summed E-state index contributed by atoms with van der Waals surface area (Å²) in [7, 11) is 0. The summed E-state index contributed by atoms with van der Waals surface area (Å²) in [6, 6.07) is 9.96. The second-order valence-corrected chi connectivity index (χ2v) is 8.30. The molecule has 1 N–H and O–H groups in total. The Labute approximate surface area is 171 Å². The van der Waals surface area contributed by atoms with Crippen LogP contribution in [0.3, 0.4) is 0 Å². The van der Waals surface area contributed by atoms with Crippen molar-refractivity contribution in [1.82, 2.24) is 10.0 Å². The first-order valence-electron chi connectivity index (χ1n) is 10.9.